The summed E-state index contributed by atoms with van der Waals surface area (Å²) in [4.78, 5) is 38.8. The van der Waals surface area contributed by atoms with E-state index < -0.39 is 33.7 Å². The zero-order valence-corrected chi connectivity index (χ0v) is 21.9. The van der Waals surface area contributed by atoms with E-state index in [-0.39, 0.29) is 28.1 Å². The number of anilines is 1. The predicted molar refractivity (Wildman–Crippen MR) is 141 cm³/mol. The number of imide groups is 1. The van der Waals surface area contributed by atoms with Crippen molar-refractivity contribution in [2.24, 2.45) is 0 Å². The molecular weight excluding hydrogens is 548 g/mol. The number of amides is 3. The van der Waals surface area contributed by atoms with E-state index in [4.69, 9.17) is 18.4 Å². The topological polar surface area (TPSA) is 138 Å². The Balaban J connectivity index is 1.27. The Bertz CT molecular complexity index is 1600. The highest BCUT2D eigenvalue weighted by molar-refractivity contribution is 8.18. The van der Waals surface area contributed by atoms with Crippen molar-refractivity contribution in [3.63, 3.8) is 0 Å². The van der Waals surface area contributed by atoms with Gasteiger partial charge in [-0.05, 0) is 59.8 Å². The molecule has 1 fully saturated rings. The van der Waals surface area contributed by atoms with Gasteiger partial charge in [-0.1, -0.05) is 24.3 Å². The molecular formula is C26H20N2O9S2. The summed E-state index contributed by atoms with van der Waals surface area (Å²) in [6, 6.07) is 16.8. The van der Waals surface area contributed by atoms with Crippen molar-refractivity contribution >= 4 is 50.7 Å². The van der Waals surface area contributed by atoms with Gasteiger partial charge in [0.1, 0.15) is 11.4 Å². The fourth-order valence-electron chi connectivity index (χ4n) is 3.70. The monoisotopic (exact) mass is 568 g/mol. The molecule has 2 aliphatic heterocycles. The molecule has 0 aromatic heterocycles. The van der Waals surface area contributed by atoms with Gasteiger partial charge >= 0.3 is 10.1 Å². The molecule has 11 nitrogen and oxygen atoms in total. The number of ether oxygens (including phenoxy) is 3. The Morgan fingerprint density at radius 2 is 1.79 bits per heavy atom. The molecule has 1 N–H and O–H groups in total. The molecule has 2 aliphatic rings. The average molecular weight is 569 g/mol. The van der Waals surface area contributed by atoms with E-state index in [2.05, 4.69) is 5.32 Å². The Morgan fingerprint density at radius 3 is 2.56 bits per heavy atom. The van der Waals surface area contributed by atoms with Gasteiger partial charge in [-0.15, -0.1) is 0 Å². The van der Waals surface area contributed by atoms with E-state index in [1.165, 1.54) is 43.5 Å². The summed E-state index contributed by atoms with van der Waals surface area (Å²) in [5, 5.41) is 2.02. The van der Waals surface area contributed by atoms with E-state index in [1.54, 1.807) is 36.4 Å². The lowest BCUT2D eigenvalue weighted by Crippen LogP contribution is -2.36. The first-order chi connectivity index (χ1) is 18.7. The molecule has 1 saturated heterocycles. The first-order valence-electron chi connectivity index (χ1n) is 11.4. The number of fused-ring (bicyclic) bond motifs is 1. The van der Waals surface area contributed by atoms with Gasteiger partial charge in [0, 0.05) is 11.8 Å². The van der Waals surface area contributed by atoms with Crippen molar-refractivity contribution in [3.8, 4) is 23.0 Å². The highest BCUT2D eigenvalue weighted by atomic mass is 32.2. The molecule has 0 radical (unpaired) electrons. The molecule has 0 saturated carbocycles. The molecule has 3 aromatic rings. The normalized spacial score (nSPS) is 15.5. The van der Waals surface area contributed by atoms with Crippen molar-refractivity contribution in [2.45, 2.75) is 4.90 Å². The number of methoxy groups -OCH3 is 1. The first-order valence-corrected chi connectivity index (χ1v) is 13.6. The average Bonchev–Trinajstić information content (AvgIpc) is 3.49. The Morgan fingerprint density at radius 1 is 1.03 bits per heavy atom. The van der Waals surface area contributed by atoms with Crippen LogP contribution in [-0.2, 0) is 19.7 Å². The van der Waals surface area contributed by atoms with E-state index in [1.807, 2.05) is 0 Å². The SMILES string of the molecule is COc1cc(/C=C2\SC(=O)N(CC(=O)Nc3ccc4c(c3)OCO4)C2=O)ccc1OS(=O)(=O)c1ccccc1. The number of carbonyl (C=O) groups excluding carboxylic acids is 3. The highest BCUT2D eigenvalue weighted by Crippen LogP contribution is 2.36. The Labute approximate surface area is 227 Å². The third-order valence-electron chi connectivity index (χ3n) is 5.55. The zero-order valence-electron chi connectivity index (χ0n) is 20.3. The van der Waals surface area contributed by atoms with Gasteiger partial charge in [0.2, 0.25) is 12.7 Å². The molecule has 3 amide bonds. The fourth-order valence-corrected chi connectivity index (χ4v) is 5.50. The van der Waals surface area contributed by atoms with Crippen molar-refractivity contribution in [1.29, 1.82) is 0 Å². The number of hydrogen-bond acceptors (Lipinski definition) is 10. The maximum absolute atomic E-state index is 12.9. The van der Waals surface area contributed by atoms with Gasteiger partial charge in [0.05, 0.1) is 12.0 Å². The largest absolute Gasteiger partial charge is 0.493 e. The van der Waals surface area contributed by atoms with Crippen LogP contribution in [0.4, 0.5) is 10.5 Å². The summed E-state index contributed by atoms with van der Waals surface area (Å²) >= 11 is 0.680. The number of nitrogens with zero attached hydrogens (tertiary/aromatic N) is 1. The molecule has 13 heteroatoms. The minimum atomic E-state index is -4.10. The van der Waals surface area contributed by atoms with Crippen molar-refractivity contribution in [2.75, 3.05) is 25.8 Å². The van der Waals surface area contributed by atoms with Crippen molar-refractivity contribution in [3.05, 3.63) is 77.2 Å². The van der Waals surface area contributed by atoms with Crippen molar-refractivity contribution in [1.82, 2.24) is 4.90 Å². The van der Waals surface area contributed by atoms with Gasteiger partial charge in [-0.2, -0.15) is 8.42 Å². The molecule has 0 unspecified atom stereocenters. The van der Waals surface area contributed by atoms with Crippen LogP contribution in [0, 0.1) is 0 Å². The van der Waals surface area contributed by atoms with Crippen LogP contribution in [0.3, 0.4) is 0 Å². The van der Waals surface area contributed by atoms with Crippen LogP contribution in [0.5, 0.6) is 23.0 Å². The maximum atomic E-state index is 12.9. The third-order valence-corrected chi connectivity index (χ3v) is 7.70. The molecule has 3 aromatic carbocycles. The summed E-state index contributed by atoms with van der Waals surface area (Å²) in [7, 11) is -2.76. The second-order valence-electron chi connectivity index (χ2n) is 8.14. The molecule has 200 valence electrons. The molecule has 0 atom stereocenters. The second-order valence-corrected chi connectivity index (χ2v) is 10.7. The van der Waals surface area contributed by atoms with E-state index >= 15 is 0 Å². The fraction of sp³-hybridized carbons (Fsp3) is 0.115. The van der Waals surface area contributed by atoms with Crippen LogP contribution < -0.4 is 23.7 Å². The lowest BCUT2D eigenvalue weighted by molar-refractivity contribution is -0.127. The van der Waals surface area contributed by atoms with Crippen LogP contribution in [-0.4, -0.2) is 50.8 Å². The van der Waals surface area contributed by atoms with Gasteiger partial charge < -0.3 is 23.7 Å². The highest BCUT2D eigenvalue weighted by Gasteiger charge is 2.36. The van der Waals surface area contributed by atoms with Crippen LogP contribution in [0.25, 0.3) is 6.08 Å². The number of benzene rings is 3. The Hall–Kier alpha value is -4.49. The minimum Gasteiger partial charge on any atom is -0.493 e. The number of rotatable bonds is 8. The number of hydrogen-bond donors (Lipinski definition) is 1. The minimum absolute atomic E-state index is 0.0210. The predicted octanol–water partition coefficient (Wildman–Crippen LogP) is 3.87. The maximum Gasteiger partial charge on any atom is 0.339 e. The lowest BCUT2D eigenvalue weighted by atomic mass is 10.2. The summed E-state index contributed by atoms with van der Waals surface area (Å²) in [5.74, 6) is -0.126. The van der Waals surface area contributed by atoms with Gasteiger partial charge in [0.25, 0.3) is 11.1 Å². The lowest BCUT2D eigenvalue weighted by Gasteiger charge is -2.13. The number of nitrogens with one attached hydrogen (secondary N) is 1. The smallest absolute Gasteiger partial charge is 0.339 e. The standard InChI is InChI=1S/C26H20N2O9S2/c1-34-21-11-16(7-9-20(21)37-39(32,33)18-5-3-2-4-6-18)12-23-25(30)28(26(31)38-23)14-24(29)27-17-8-10-19-22(13-17)36-15-35-19/h2-13H,14-15H2,1H3,(H,27,29)/b23-12-. The van der Waals surface area contributed by atoms with Crippen LogP contribution in [0.2, 0.25) is 0 Å². The van der Waals surface area contributed by atoms with Crippen LogP contribution in [0.1, 0.15) is 5.56 Å². The second kappa shape index (κ2) is 10.7. The molecule has 39 heavy (non-hydrogen) atoms. The summed E-state index contributed by atoms with van der Waals surface area (Å²) in [6.07, 6.45) is 1.44. The molecule has 0 aliphatic carbocycles. The summed E-state index contributed by atoms with van der Waals surface area (Å²) < 4.78 is 46.2. The Kier molecular flexibility index (Phi) is 7.17. The molecule has 0 spiro atoms. The van der Waals surface area contributed by atoms with Gasteiger partial charge in [-0.25, -0.2) is 0 Å². The zero-order chi connectivity index (χ0) is 27.6. The summed E-state index contributed by atoms with van der Waals surface area (Å²) in [6.45, 7) is -0.395. The third kappa shape index (κ3) is 5.68. The van der Waals surface area contributed by atoms with E-state index in [9.17, 15) is 22.8 Å². The number of carbonyl (C=O) groups is 3. The van der Waals surface area contributed by atoms with E-state index in [0.29, 0.717) is 34.5 Å². The van der Waals surface area contributed by atoms with Gasteiger partial charge in [-0.3, -0.25) is 19.3 Å². The molecule has 5 rings (SSSR count). The van der Waals surface area contributed by atoms with Crippen LogP contribution in [0.15, 0.2) is 76.5 Å². The quantitative estimate of drug-likeness (QED) is 0.315. The molecule has 0 bridgehead atoms. The van der Waals surface area contributed by atoms with E-state index in [0.717, 1.165) is 4.90 Å². The first kappa shape index (κ1) is 26.1. The van der Waals surface area contributed by atoms with Crippen LogP contribution >= 0.6 is 11.8 Å². The van der Waals surface area contributed by atoms with Crippen molar-refractivity contribution < 1.29 is 41.2 Å². The molecule has 2 heterocycles. The number of thioether (sulfide) groups is 1. The summed E-state index contributed by atoms with van der Waals surface area (Å²) in [5.41, 5.74) is 0.877. The van der Waals surface area contributed by atoms with Gasteiger partial charge in [0.15, 0.2) is 23.0 Å².